The highest BCUT2D eigenvalue weighted by molar-refractivity contribution is 5.89. The van der Waals surface area contributed by atoms with Crippen LogP contribution in [0.15, 0.2) is 18.2 Å². The standard InChI is InChI=1S/C16H18FN5O/c17-9-1-2-13-12(7-9)10(4-6-20-13)16(23)22-14-8-19-5-3-11(14)15(18)21-22/h1-2,7,10,19-20H,3-6,8H2,(H2,18,21). The fraction of sp³-hybridized carbons (Fsp3) is 0.375. The van der Waals surface area contributed by atoms with Crippen molar-refractivity contribution in [3.63, 3.8) is 0 Å². The van der Waals surface area contributed by atoms with Gasteiger partial charge in [0.25, 0.3) is 5.91 Å². The number of rotatable bonds is 1. The predicted octanol–water partition coefficient (Wildman–Crippen LogP) is 1.49. The van der Waals surface area contributed by atoms with Crippen LogP contribution in [0.5, 0.6) is 0 Å². The fourth-order valence-corrected chi connectivity index (χ4v) is 3.45. The van der Waals surface area contributed by atoms with Crippen LogP contribution in [0.2, 0.25) is 0 Å². The number of aromatic nitrogens is 2. The molecule has 0 aliphatic carbocycles. The molecule has 23 heavy (non-hydrogen) atoms. The van der Waals surface area contributed by atoms with Gasteiger partial charge in [0.15, 0.2) is 0 Å². The van der Waals surface area contributed by atoms with Gasteiger partial charge in [0.2, 0.25) is 0 Å². The average molecular weight is 315 g/mol. The lowest BCUT2D eigenvalue weighted by molar-refractivity contribution is 0.0852. The SMILES string of the molecule is Nc1nn(C(=O)C2CCNc3ccc(F)cc32)c2c1CCNC2. The van der Waals surface area contributed by atoms with Gasteiger partial charge in [-0.25, -0.2) is 9.07 Å². The number of carbonyl (C=O) groups is 1. The van der Waals surface area contributed by atoms with Crippen molar-refractivity contribution >= 4 is 17.4 Å². The zero-order valence-corrected chi connectivity index (χ0v) is 12.6. The second-order valence-corrected chi connectivity index (χ2v) is 5.99. The lowest BCUT2D eigenvalue weighted by Crippen LogP contribution is -2.31. The van der Waals surface area contributed by atoms with Crippen molar-refractivity contribution < 1.29 is 9.18 Å². The summed E-state index contributed by atoms with van der Waals surface area (Å²) in [6.45, 7) is 2.08. The van der Waals surface area contributed by atoms with Crippen molar-refractivity contribution in [3.05, 3.63) is 40.8 Å². The molecule has 4 N–H and O–H groups in total. The van der Waals surface area contributed by atoms with Crippen LogP contribution in [0.25, 0.3) is 0 Å². The van der Waals surface area contributed by atoms with Gasteiger partial charge < -0.3 is 16.4 Å². The van der Waals surface area contributed by atoms with Gasteiger partial charge in [-0.1, -0.05) is 0 Å². The van der Waals surface area contributed by atoms with E-state index in [1.807, 2.05) is 0 Å². The molecule has 0 saturated heterocycles. The summed E-state index contributed by atoms with van der Waals surface area (Å²) < 4.78 is 15.0. The van der Waals surface area contributed by atoms with E-state index >= 15 is 0 Å². The minimum absolute atomic E-state index is 0.144. The van der Waals surface area contributed by atoms with Crippen molar-refractivity contribution in [2.75, 3.05) is 24.1 Å². The smallest absolute Gasteiger partial charge is 0.254 e. The third-order valence-corrected chi connectivity index (χ3v) is 4.61. The molecule has 0 spiro atoms. The number of halogens is 1. The van der Waals surface area contributed by atoms with E-state index in [-0.39, 0.29) is 11.7 Å². The van der Waals surface area contributed by atoms with Gasteiger partial charge in [-0.2, -0.15) is 0 Å². The lowest BCUT2D eigenvalue weighted by Gasteiger charge is -2.26. The van der Waals surface area contributed by atoms with Gasteiger partial charge in [-0.05, 0) is 43.1 Å². The zero-order chi connectivity index (χ0) is 16.0. The Hall–Kier alpha value is -2.41. The summed E-state index contributed by atoms with van der Waals surface area (Å²) in [6.07, 6.45) is 1.38. The summed E-state index contributed by atoms with van der Waals surface area (Å²) in [5.41, 5.74) is 9.24. The molecule has 3 heterocycles. The summed E-state index contributed by atoms with van der Waals surface area (Å²) in [7, 11) is 0. The monoisotopic (exact) mass is 315 g/mol. The molecule has 6 nitrogen and oxygen atoms in total. The number of nitrogens with zero attached hydrogens (tertiary/aromatic N) is 2. The van der Waals surface area contributed by atoms with Crippen molar-refractivity contribution in [2.24, 2.45) is 0 Å². The number of benzene rings is 1. The van der Waals surface area contributed by atoms with E-state index in [1.54, 1.807) is 6.07 Å². The normalized spacial score (nSPS) is 19.6. The predicted molar refractivity (Wildman–Crippen MR) is 84.9 cm³/mol. The van der Waals surface area contributed by atoms with Crippen LogP contribution in [-0.4, -0.2) is 28.8 Å². The third kappa shape index (κ3) is 2.28. The van der Waals surface area contributed by atoms with Crippen LogP contribution >= 0.6 is 0 Å². The Morgan fingerprint density at radius 3 is 3.13 bits per heavy atom. The van der Waals surface area contributed by atoms with Crippen molar-refractivity contribution in [2.45, 2.75) is 25.3 Å². The molecule has 0 fully saturated rings. The fourth-order valence-electron chi connectivity index (χ4n) is 3.45. The Balaban J connectivity index is 1.75. The Morgan fingerprint density at radius 2 is 2.26 bits per heavy atom. The van der Waals surface area contributed by atoms with E-state index in [0.717, 1.165) is 29.9 Å². The van der Waals surface area contributed by atoms with E-state index in [4.69, 9.17) is 5.73 Å². The summed E-state index contributed by atoms with van der Waals surface area (Å²) >= 11 is 0. The van der Waals surface area contributed by atoms with Gasteiger partial charge >= 0.3 is 0 Å². The highest BCUT2D eigenvalue weighted by Gasteiger charge is 2.31. The molecule has 2 aromatic rings. The molecule has 7 heteroatoms. The second-order valence-electron chi connectivity index (χ2n) is 5.99. The Kier molecular flexibility index (Phi) is 3.30. The first-order valence-electron chi connectivity index (χ1n) is 7.79. The number of carbonyl (C=O) groups excluding carboxylic acids is 1. The molecular formula is C16H18FN5O. The Morgan fingerprint density at radius 1 is 1.39 bits per heavy atom. The highest BCUT2D eigenvalue weighted by Crippen LogP contribution is 2.34. The first-order chi connectivity index (χ1) is 11.1. The number of fused-ring (bicyclic) bond motifs is 2. The Labute approximate surface area is 132 Å². The number of hydrogen-bond acceptors (Lipinski definition) is 5. The van der Waals surface area contributed by atoms with Crippen molar-refractivity contribution in [3.8, 4) is 0 Å². The minimum atomic E-state index is -0.410. The lowest BCUT2D eigenvalue weighted by atomic mass is 9.90. The molecule has 2 aliphatic rings. The van der Waals surface area contributed by atoms with Gasteiger partial charge in [0.1, 0.15) is 11.6 Å². The van der Waals surface area contributed by atoms with E-state index in [2.05, 4.69) is 15.7 Å². The number of hydrogen-bond donors (Lipinski definition) is 3. The van der Waals surface area contributed by atoms with Gasteiger partial charge in [0, 0.05) is 24.3 Å². The molecule has 120 valence electrons. The second kappa shape index (κ2) is 5.34. The molecule has 1 unspecified atom stereocenters. The molecule has 0 radical (unpaired) electrons. The summed E-state index contributed by atoms with van der Waals surface area (Å²) in [6, 6.07) is 4.51. The minimum Gasteiger partial charge on any atom is -0.385 e. The molecular weight excluding hydrogens is 297 g/mol. The maximum atomic E-state index is 13.6. The summed E-state index contributed by atoms with van der Waals surface area (Å²) in [5.74, 6) is -0.473. The number of nitrogens with one attached hydrogen (secondary N) is 2. The highest BCUT2D eigenvalue weighted by atomic mass is 19.1. The zero-order valence-electron chi connectivity index (χ0n) is 12.6. The van der Waals surface area contributed by atoms with Crippen LogP contribution in [0, 0.1) is 5.82 Å². The molecule has 1 aromatic heterocycles. The molecule has 2 aliphatic heterocycles. The molecule has 0 saturated carbocycles. The third-order valence-electron chi connectivity index (χ3n) is 4.61. The first-order valence-corrected chi connectivity index (χ1v) is 7.79. The van der Waals surface area contributed by atoms with E-state index in [1.165, 1.54) is 16.8 Å². The number of nitrogens with two attached hydrogens (primary N) is 1. The molecule has 4 rings (SSSR count). The molecule has 0 bridgehead atoms. The van der Waals surface area contributed by atoms with Crippen LogP contribution in [0.3, 0.4) is 0 Å². The number of nitrogen functional groups attached to an aromatic ring is 1. The quantitative estimate of drug-likeness (QED) is 0.742. The number of anilines is 2. The summed E-state index contributed by atoms with van der Waals surface area (Å²) in [5, 5.41) is 10.7. The maximum absolute atomic E-state index is 13.6. The molecule has 1 aromatic carbocycles. The van der Waals surface area contributed by atoms with Gasteiger partial charge in [0.05, 0.1) is 11.6 Å². The van der Waals surface area contributed by atoms with Crippen LogP contribution in [-0.2, 0) is 13.0 Å². The first kappa shape index (κ1) is 14.2. The van der Waals surface area contributed by atoms with Crippen molar-refractivity contribution in [1.29, 1.82) is 0 Å². The Bertz CT molecular complexity index is 785. The van der Waals surface area contributed by atoms with Crippen LogP contribution < -0.4 is 16.4 Å². The molecule has 0 amide bonds. The topological polar surface area (TPSA) is 85.0 Å². The largest absolute Gasteiger partial charge is 0.385 e. The van der Waals surface area contributed by atoms with E-state index in [9.17, 15) is 9.18 Å². The summed E-state index contributed by atoms with van der Waals surface area (Å²) in [4.78, 5) is 13.0. The maximum Gasteiger partial charge on any atom is 0.254 e. The van der Waals surface area contributed by atoms with Crippen LogP contribution in [0.4, 0.5) is 15.9 Å². The van der Waals surface area contributed by atoms with Gasteiger partial charge in [-0.3, -0.25) is 4.79 Å². The van der Waals surface area contributed by atoms with E-state index in [0.29, 0.717) is 30.9 Å². The average Bonchev–Trinajstić information content (AvgIpc) is 2.91. The molecule has 1 atom stereocenters. The van der Waals surface area contributed by atoms with E-state index < -0.39 is 5.92 Å². The van der Waals surface area contributed by atoms with Gasteiger partial charge in [-0.15, -0.1) is 5.10 Å². The van der Waals surface area contributed by atoms with Crippen molar-refractivity contribution in [1.82, 2.24) is 15.1 Å². The van der Waals surface area contributed by atoms with Crippen LogP contribution in [0.1, 0.15) is 34.0 Å².